The Balaban J connectivity index is 2.24. The van der Waals surface area contributed by atoms with Gasteiger partial charge >= 0.3 is 5.97 Å². The molecule has 1 aromatic heterocycles. The summed E-state index contributed by atoms with van der Waals surface area (Å²) in [6.07, 6.45) is 0. The highest BCUT2D eigenvalue weighted by molar-refractivity contribution is 5.93. The van der Waals surface area contributed by atoms with Gasteiger partial charge in [0, 0.05) is 13.1 Å². The number of aromatic carboxylic acids is 1. The lowest BCUT2D eigenvalue weighted by molar-refractivity contribution is 0.0697. The van der Waals surface area contributed by atoms with Crippen molar-refractivity contribution in [1.29, 1.82) is 0 Å². The molecule has 0 amide bonds. The number of carboxylic acid groups (broad SMARTS) is 1. The van der Waals surface area contributed by atoms with E-state index in [1.54, 1.807) is 10.6 Å². The molecule has 0 bridgehead atoms. The van der Waals surface area contributed by atoms with E-state index in [-0.39, 0.29) is 11.1 Å². The fraction of sp³-hybridized carbons (Fsp3) is 0.250. The Bertz CT molecular complexity index is 992. The van der Waals surface area contributed by atoms with E-state index >= 15 is 0 Å². The SMILES string of the molecule is CCN(CC)c1nc2cc(C(=O)O)ccc2c(=O)n1Cc1ccccc1. The van der Waals surface area contributed by atoms with Gasteiger partial charge in [-0.05, 0) is 37.6 Å². The van der Waals surface area contributed by atoms with Gasteiger partial charge in [-0.3, -0.25) is 9.36 Å². The zero-order valence-corrected chi connectivity index (χ0v) is 14.8. The number of hydrogen-bond donors (Lipinski definition) is 1. The predicted molar refractivity (Wildman–Crippen MR) is 102 cm³/mol. The van der Waals surface area contributed by atoms with Crippen LogP contribution in [0, 0.1) is 0 Å². The summed E-state index contributed by atoms with van der Waals surface area (Å²) in [4.78, 5) is 31.0. The van der Waals surface area contributed by atoms with Crippen molar-refractivity contribution in [2.75, 3.05) is 18.0 Å². The molecule has 0 spiro atoms. The van der Waals surface area contributed by atoms with Gasteiger partial charge in [-0.2, -0.15) is 0 Å². The maximum Gasteiger partial charge on any atom is 0.335 e. The molecular formula is C20H21N3O3. The number of carbonyl (C=O) groups is 1. The molecule has 26 heavy (non-hydrogen) atoms. The molecule has 0 aliphatic heterocycles. The molecule has 3 aromatic rings. The van der Waals surface area contributed by atoms with Crippen molar-refractivity contribution in [3.8, 4) is 0 Å². The van der Waals surface area contributed by atoms with E-state index in [2.05, 4.69) is 4.98 Å². The third-order valence-corrected chi connectivity index (χ3v) is 4.41. The molecule has 3 rings (SSSR count). The van der Waals surface area contributed by atoms with Crippen LogP contribution < -0.4 is 10.5 Å². The van der Waals surface area contributed by atoms with E-state index in [0.29, 0.717) is 36.5 Å². The molecule has 134 valence electrons. The standard InChI is InChI=1S/C20H21N3O3/c1-3-22(4-2)20-21-17-12-15(19(25)26)10-11-16(17)18(24)23(20)13-14-8-6-5-7-9-14/h5-12H,3-4,13H2,1-2H3,(H,25,26). The van der Waals surface area contributed by atoms with Crippen LogP contribution in [0.1, 0.15) is 29.8 Å². The van der Waals surface area contributed by atoms with Crippen LogP contribution in [0.4, 0.5) is 5.95 Å². The molecule has 0 radical (unpaired) electrons. The van der Waals surface area contributed by atoms with Crippen molar-refractivity contribution < 1.29 is 9.90 Å². The summed E-state index contributed by atoms with van der Waals surface area (Å²) in [5, 5.41) is 9.63. The van der Waals surface area contributed by atoms with E-state index in [9.17, 15) is 14.7 Å². The summed E-state index contributed by atoms with van der Waals surface area (Å²) >= 11 is 0. The van der Waals surface area contributed by atoms with Crippen LogP contribution in [0.2, 0.25) is 0 Å². The Morgan fingerprint density at radius 3 is 2.42 bits per heavy atom. The van der Waals surface area contributed by atoms with Gasteiger partial charge in [0.15, 0.2) is 0 Å². The Hall–Kier alpha value is -3.15. The molecular weight excluding hydrogens is 330 g/mol. The minimum absolute atomic E-state index is 0.121. The fourth-order valence-corrected chi connectivity index (χ4v) is 3.00. The largest absolute Gasteiger partial charge is 0.478 e. The number of fused-ring (bicyclic) bond motifs is 1. The number of nitrogens with zero attached hydrogens (tertiary/aromatic N) is 3. The second-order valence-corrected chi connectivity index (χ2v) is 6.00. The van der Waals surface area contributed by atoms with Crippen molar-refractivity contribution in [2.24, 2.45) is 0 Å². The average molecular weight is 351 g/mol. The number of rotatable bonds is 6. The normalized spacial score (nSPS) is 10.8. The molecule has 0 unspecified atom stereocenters. The van der Waals surface area contributed by atoms with E-state index in [1.807, 2.05) is 49.1 Å². The highest BCUT2D eigenvalue weighted by Crippen LogP contribution is 2.18. The summed E-state index contributed by atoms with van der Waals surface area (Å²) in [6.45, 7) is 5.81. The van der Waals surface area contributed by atoms with E-state index in [1.165, 1.54) is 12.1 Å². The van der Waals surface area contributed by atoms with Crippen LogP contribution in [0.3, 0.4) is 0 Å². The first-order valence-electron chi connectivity index (χ1n) is 8.62. The van der Waals surface area contributed by atoms with Gasteiger partial charge in [-0.25, -0.2) is 9.78 Å². The third kappa shape index (κ3) is 3.31. The van der Waals surface area contributed by atoms with Crippen LogP contribution in [0.15, 0.2) is 53.3 Å². The van der Waals surface area contributed by atoms with Gasteiger partial charge in [-0.15, -0.1) is 0 Å². The minimum Gasteiger partial charge on any atom is -0.478 e. The third-order valence-electron chi connectivity index (χ3n) is 4.41. The number of benzene rings is 2. The van der Waals surface area contributed by atoms with Gasteiger partial charge in [0.25, 0.3) is 5.56 Å². The topological polar surface area (TPSA) is 75.4 Å². The van der Waals surface area contributed by atoms with Crippen molar-refractivity contribution >= 4 is 22.8 Å². The molecule has 1 heterocycles. The first kappa shape index (κ1) is 17.7. The highest BCUT2D eigenvalue weighted by atomic mass is 16.4. The molecule has 0 saturated carbocycles. The van der Waals surface area contributed by atoms with Crippen LogP contribution in [-0.4, -0.2) is 33.7 Å². The number of hydrogen-bond acceptors (Lipinski definition) is 4. The maximum atomic E-state index is 13.1. The number of aromatic nitrogens is 2. The van der Waals surface area contributed by atoms with Gasteiger partial charge in [0.2, 0.25) is 5.95 Å². The van der Waals surface area contributed by atoms with Gasteiger partial charge in [0.05, 0.1) is 23.0 Å². The summed E-state index contributed by atoms with van der Waals surface area (Å²) in [7, 11) is 0. The number of carboxylic acids is 1. The van der Waals surface area contributed by atoms with Crippen molar-refractivity contribution in [3.63, 3.8) is 0 Å². The summed E-state index contributed by atoms with van der Waals surface area (Å²) < 4.78 is 1.66. The quantitative estimate of drug-likeness (QED) is 0.739. The van der Waals surface area contributed by atoms with Crippen LogP contribution >= 0.6 is 0 Å². The first-order valence-corrected chi connectivity index (χ1v) is 8.62. The van der Waals surface area contributed by atoms with E-state index < -0.39 is 5.97 Å². The van der Waals surface area contributed by atoms with Gasteiger partial charge in [-0.1, -0.05) is 30.3 Å². The first-order chi connectivity index (χ1) is 12.5. The summed E-state index contributed by atoms with van der Waals surface area (Å²) in [6, 6.07) is 14.2. The molecule has 1 N–H and O–H groups in total. The second-order valence-electron chi connectivity index (χ2n) is 6.00. The molecule has 6 nitrogen and oxygen atoms in total. The number of anilines is 1. The molecule has 0 fully saturated rings. The predicted octanol–water partition coefficient (Wildman–Crippen LogP) is 2.99. The van der Waals surface area contributed by atoms with Crippen LogP contribution in [0.25, 0.3) is 10.9 Å². The van der Waals surface area contributed by atoms with Crippen LogP contribution in [0.5, 0.6) is 0 Å². The van der Waals surface area contributed by atoms with E-state index in [4.69, 9.17) is 0 Å². The zero-order chi connectivity index (χ0) is 18.7. The van der Waals surface area contributed by atoms with Crippen LogP contribution in [-0.2, 0) is 6.54 Å². The van der Waals surface area contributed by atoms with Gasteiger partial charge < -0.3 is 10.0 Å². The minimum atomic E-state index is -1.04. The summed E-state index contributed by atoms with van der Waals surface area (Å²) in [5.41, 5.74) is 1.36. The molecule has 6 heteroatoms. The lowest BCUT2D eigenvalue weighted by atomic mass is 10.1. The summed E-state index contributed by atoms with van der Waals surface area (Å²) in [5.74, 6) is -0.481. The molecule has 0 atom stereocenters. The molecule has 0 aliphatic carbocycles. The Morgan fingerprint density at radius 1 is 1.12 bits per heavy atom. The average Bonchev–Trinajstić information content (AvgIpc) is 2.66. The van der Waals surface area contributed by atoms with Crippen molar-refractivity contribution in [3.05, 3.63) is 70.0 Å². The molecule has 2 aromatic carbocycles. The highest BCUT2D eigenvalue weighted by Gasteiger charge is 2.16. The fourth-order valence-electron chi connectivity index (χ4n) is 3.00. The Kier molecular flexibility index (Phi) is 5.02. The Morgan fingerprint density at radius 2 is 1.81 bits per heavy atom. The smallest absolute Gasteiger partial charge is 0.335 e. The molecule has 0 saturated heterocycles. The van der Waals surface area contributed by atoms with Crippen molar-refractivity contribution in [2.45, 2.75) is 20.4 Å². The lowest BCUT2D eigenvalue weighted by Gasteiger charge is -2.24. The van der Waals surface area contributed by atoms with Crippen molar-refractivity contribution in [1.82, 2.24) is 9.55 Å². The monoisotopic (exact) mass is 351 g/mol. The Labute approximate surface area is 151 Å². The second kappa shape index (κ2) is 7.39. The zero-order valence-electron chi connectivity index (χ0n) is 14.8. The van der Waals surface area contributed by atoms with Gasteiger partial charge in [0.1, 0.15) is 0 Å². The van der Waals surface area contributed by atoms with E-state index in [0.717, 1.165) is 5.56 Å². The molecule has 0 aliphatic rings. The lowest BCUT2D eigenvalue weighted by Crippen LogP contribution is -2.33. The maximum absolute atomic E-state index is 13.1.